The second-order valence-corrected chi connectivity index (χ2v) is 4.86. The molecule has 4 rings (SSSR count). The summed E-state index contributed by atoms with van der Waals surface area (Å²) in [6, 6.07) is 3.55. The summed E-state index contributed by atoms with van der Waals surface area (Å²) in [5, 5.41) is 17.3. The first kappa shape index (κ1) is 13.8. The number of aromatic nitrogens is 7. The van der Waals surface area contributed by atoms with Crippen LogP contribution >= 0.6 is 0 Å². The normalized spacial score (nSPS) is 11.0. The van der Waals surface area contributed by atoms with Crippen LogP contribution in [0, 0.1) is 0 Å². The molecule has 0 saturated carbocycles. The van der Waals surface area contributed by atoms with Crippen molar-refractivity contribution in [1.82, 2.24) is 34.3 Å². The van der Waals surface area contributed by atoms with Gasteiger partial charge in [-0.15, -0.1) is 4.80 Å². The lowest BCUT2D eigenvalue weighted by atomic mass is 10.2. The first-order chi connectivity index (χ1) is 11.6. The van der Waals surface area contributed by atoms with Crippen LogP contribution < -0.4 is 5.73 Å². The molecule has 0 saturated heterocycles. The van der Waals surface area contributed by atoms with Gasteiger partial charge in [0.25, 0.3) is 0 Å². The molecular formula is C14H10N8O2. The predicted molar refractivity (Wildman–Crippen MR) is 82.5 cm³/mol. The van der Waals surface area contributed by atoms with Gasteiger partial charge in [0.2, 0.25) is 5.82 Å². The summed E-state index contributed by atoms with van der Waals surface area (Å²) in [5.74, 6) is -1.23. The molecule has 3 N–H and O–H groups in total. The highest BCUT2D eigenvalue weighted by Gasteiger charge is 2.20. The Kier molecular flexibility index (Phi) is 2.95. The number of nitrogens with zero attached hydrogens (tertiary/aromatic N) is 7. The zero-order valence-electron chi connectivity index (χ0n) is 12.1. The van der Waals surface area contributed by atoms with Gasteiger partial charge < -0.3 is 15.2 Å². The number of hydrogen-bond donors (Lipinski definition) is 2. The molecule has 0 spiro atoms. The van der Waals surface area contributed by atoms with E-state index in [1.165, 1.54) is 17.2 Å². The van der Waals surface area contributed by atoms with Gasteiger partial charge in [0.05, 0.1) is 12.4 Å². The minimum atomic E-state index is -1.26. The van der Waals surface area contributed by atoms with Crippen LogP contribution in [-0.2, 0) is 0 Å². The lowest BCUT2D eigenvalue weighted by Crippen LogP contribution is -2.14. The number of carboxylic acid groups (broad SMARTS) is 1. The molecule has 10 nitrogen and oxygen atoms in total. The Hall–Kier alpha value is -3.82. The second-order valence-electron chi connectivity index (χ2n) is 4.86. The van der Waals surface area contributed by atoms with Gasteiger partial charge in [-0.25, -0.2) is 19.7 Å². The van der Waals surface area contributed by atoms with Gasteiger partial charge >= 0.3 is 5.97 Å². The Morgan fingerprint density at radius 2 is 1.92 bits per heavy atom. The molecule has 4 heterocycles. The summed E-state index contributed by atoms with van der Waals surface area (Å²) < 4.78 is 1.79. The topological polar surface area (TPSA) is 137 Å². The molecule has 0 aliphatic heterocycles. The average molecular weight is 322 g/mol. The van der Waals surface area contributed by atoms with Crippen LogP contribution in [0.4, 0.5) is 5.82 Å². The van der Waals surface area contributed by atoms with Crippen LogP contribution in [0.15, 0.2) is 43.1 Å². The minimum Gasteiger partial charge on any atom is -0.476 e. The van der Waals surface area contributed by atoms with Crippen molar-refractivity contribution in [1.29, 1.82) is 0 Å². The number of nitrogens with two attached hydrogens (primary N) is 1. The van der Waals surface area contributed by atoms with Crippen molar-refractivity contribution in [2.24, 2.45) is 0 Å². The Bertz CT molecular complexity index is 1050. The van der Waals surface area contributed by atoms with Gasteiger partial charge in [0.15, 0.2) is 11.5 Å². The first-order valence-electron chi connectivity index (χ1n) is 6.84. The fraction of sp³-hybridized carbons (Fsp3) is 0. The van der Waals surface area contributed by atoms with E-state index in [0.29, 0.717) is 11.3 Å². The quantitative estimate of drug-likeness (QED) is 0.561. The van der Waals surface area contributed by atoms with E-state index in [0.717, 1.165) is 5.65 Å². The van der Waals surface area contributed by atoms with Crippen molar-refractivity contribution in [3.63, 3.8) is 0 Å². The predicted octanol–water partition coefficient (Wildman–Crippen LogP) is 0.652. The van der Waals surface area contributed by atoms with Crippen LogP contribution in [0.1, 0.15) is 10.5 Å². The number of aromatic carboxylic acids is 1. The van der Waals surface area contributed by atoms with E-state index < -0.39 is 5.97 Å². The second kappa shape index (κ2) is 5.12. The summed E-state index contributed by atoms with van der Waals surface area (Å²) in [4.78, 5) is 25.0. The van der Waals surface area contributed by atoms with Crippen molar-refractivity contribution >= 4 is 17.4 Å². The number of hydrogen-bond acceptors (Lipinski definition) is 7. The van der Waals surface area contributed by atoms with Gasteiger partial charge in [-0.1, -0.05) is 0 Å². The molecule has 118 valence electrons. The number of pyridine rings is 1. The van der Waals surface area contributed by atoms with E-state index in [1.807, 2.05) is 0 Å². The molecule has 0 unspecified atom stereocenters. The summed E-state index contributed by atoms with van der Waals surface area (Å²) in [6.07, 6.45) is 8.15. The maximum Gasteiger partial charge on any atom is 0.358 e. The Morgan fingerprint density at radius 1 is 1.12 bits per heavy atom. The standard InChI is InChI=1S/C14H10N8O2/c15-12-11(14(23)24)19-10(13(20-12)22-17-3-4-18-22)8-1-2-9-16-5-6-21(9)7-8/h1-7H,(H2,15,20)(H,23,24). The van der Waals surface area contributed by atoms with E-state index >= 15 is 0 Å². The molecule has 0 amide bonds. The molecule has 0 fully saturated rings. The van der Waals surface area contributed by atoms with Gasteiger partial charge in [0, 0.05) is 24.2 Å². The van der Waals surface area contributed by atoms with Crippen molar-refractivity contribution in [3.8, 4) is 17.1 Å². The highest BCUT2D eigenvalue weighted by molar-refractivity contribution is 5.91. The van der Waals surface area contributed by atoms with E-state index in [2.05, 4.69) is 25.1 Å². The zero-order valence-corrected chi connectivity index (χ0v) is 12.1. The molecule has 0 bridgehead atoms. The van der Waals surface area contributed by atoms with Crippen LogP contribution in [0.5, 0.6) is 0 Å². The maximum absolute atomic E-state index is 11.3. The third-order valence-electron chi connectivity index (χ3n) is 3.38. The highest BCUT2D eigenvalue weighted by atomic mass is 16.4. The Morgan fingerprint density at radius 3 is 2.67 bits per heavy atom. The number of nitrogen functional groups attached to an aromatic ring is 1. The third kappa shape index (κ3) is 2.13. The lowest BCUT2D eigenvalue weighted by Gasteiger charge is -2.10. The molecule has 4 aromatic rings. The van der Waals surface area contributed by atoms with Crippen molar-refractivity contribution in [3.05, 3.63) is 48.8 Å². The Labute approximate surface area is 134 Å². The van der Waals surface area contributed by atoms with Gasteiger partial charge in [-0.2, -0.15) is 10.2 Å². The van der Waals surface area contributed by atoms with Crippen LogP contribution in [-0.4, -0.2) is 45.4 Å². The SMILES string of the molecule is Nc1nc(-n2nccn2)c(-c2ccc3nccn3c2)nc1C(=O)O. The van der Waals surface area contributed by atoms with Crippen molar-refractivity contribution < 1.29 is 9.90 Å². The van der Waals surface area contributed by atoms with Crippen molar-refractivity contribution in [2.45, 2.75) is 0 Å². The molecule has 0 aliphatic rings. The molecule has 0 radical (unpaired) electrons. The number of fused-ring (bicyclic) bond motifs is 1. The molecule has 0 aromatic carbocycles. The summed E-state index contributed by atoms with van der Waals surface area (Å²) >= 11 is 0. The smallest absolute Gasteiger partial charge is 0.358 e. The van der Waals surface area contributed by atoms with E-state index in [1.54, 1.807) is 35.1 Å². The van der Waals surface area contributed by atoms with Crippen LogP contribution in [0.25, 0.3) is 22.7 Å². The molecule has 24 heavy (non-hydrogen) atoms. The lowest BCUT2D eigenvalue weighted by molar-refractivity contribution is 0.0691. The number of rotatable bonds is 3. The maximum atomic E-state index is 11.3. The fourth-order valence-electron chi connectivity index (χ4n) is 2.31. The number of anilines is 1. The van der Waals surface area contributed by atoms with Crippen molar-refractivity contribution in [2.75, 3.05) is 5.73 Å². The molecule has 4 aromatic heterocycles. The van der Waals surface area contributed by atoms with E-state index in [4.69, 9.17) is 5.73 Å². The number of carboxylic acids is 1. The van der Waals surface area contributed by atoms with Gasteiger partial charge in [-0.3, -0.25) is 0 Å². The number of carbonyl (C=O) groups is 1. The van der Waals surface area contributed by atoms with Crippen LogP contribution in [0.2, 0.25) is 0 Å². The fourth-order valence-corrected chi connectivity index (χ4v) is 2.31. The largest absolute Gasteiger partial charge is 0.476 e. The van der Waals surface area contributed by atoms with Gasteiger partial charge in [-0.05, 0) is 12.1 Å². The van der Waals surface area contributed by atoms with Crippen LogP contribution in [0.3, 0.4) is 0 Å². The third-order valence-corrected chi connectivity index (χ3v) is 3.38. The highest BCUT2D eigenvalue weighted by Crippen LogP contribution is 2.25. The zero-order chi connectivity index (χ0) is 16.7. The summed E-state index contributed by atoms with van der Waals surface area (Å²) in [7, 11) is 0. The molecule has 0 aliphatic carbocycles. The van der Waals surface area contributed by atoms with E-state index in [-0.39, 0.29) is 17.3 Å². The summed E-state index contributed by atoms with van der Waals surface area (Å²) in [6.45, 7) is 0. The number of imidazole rings is 1. The molecule has 10 heteroatoms. The first-order valence-corrected chi connectivity index (χ1v) is 6.84. The monoisotopic (exact) mass is 322 g/mol. The van der Waals surface area contributed by atoms with E-state index in [9.17, 15) is 9.90 Å². The Balaban J connectivity index is 2.00. The molecule has 0 atom stereocenters. The minimum absolute atomic E-state index is 0.206. The van der Waals surface area contributed by atoms with Gasteiger partial charge in [0.1, 0.15) is 11.3 Å². The average Bonchev–Trinajstić information content (AvgIpc) is 3.25. The summed E-state index contributed by atoms with van der Waals surface area (Å²) in [5.41, 5.74) is 7.06. The molecular weight excluding hydrogens is 312 g/mol.